The van der Waals surface area contributed by atoms with Crippen LogP contribution in [0.5, 0.6) is 0 Å². The van der Waals surface area contributed by atoms with E-state index in [1.54, 1.807) is 0 Å². The highest BCUT2D eigenvalue weighted by atomic mass is 16.2. The molecule has 3 aliphatic rings. The molecule has 0 radical (unpaired) electrons. The lowest BCUT2D eigenvalue weighted by Gasteiger charge is -2.33. The molecule has 3 fully saturated rings. The molecule has 0 aromatic heterocycles. The third-order valence-electron chi connectivity index (χ3n) is 6.41. The van der Waals surface area contributed by atoms with Crippen LogP contribution in [0.15, 0.2) is 4.99 Å². The van der Waals surface area contributed by atoms with Crippen LogP contribution in [0.3, 0.4) is 0 Å². The second kappa shape index (κ2) is 9.58. The molecular formula is C20H37N5O. The van der Waals surface area contributed by atoms with Gasteiger partial charge in [0.25, 0.3) is 0 Å². The first kappa shape index (κ1) is 19.5. The minimum Gasteiger partial charge on any atom is -0.355 e. The van der Waals surface area contributed by atoms with E-state index in [4.69, 9.17) is 0 Å². The Labute approximate surface area is 158 Å². The monoisotopic (exact) mass is 363 g/mol. The third-order valence-corrected chi connectivity index (χ3v) is 6.41. The molecule has 2 unspecified atom stereocenters. The summed E-state index contributed by atoms with van der Waals surface area (Å²) in [5.41, 5.74) is 0. The van der Waals surface area contributed by atoms with Gasteiger partial charge in [-0.1, -0.05) is 19.3 Å². The van der Waals surface area contributed by atoms with Gasteiger partial charge in [0.2, 0.25) is 5.91 Å². The van der Waals surface area contributed by atoms with Gasteiger partial charge >= 0.3 is 0 Å². The zero-order valence-corrected chi connectivity index (χ0v) is 16.7. The second-order valence-electron chi connectivity index (χ2n) is 8.40. The van der Waals surface area contributed by atoms with Gasteiger partial charge in [-0.25, -0.2) is 0 Å². The molecule has 6 heteroatoms. The molecule has 148 valence electrons. The molecule has 0 spiro atoms. The summed E-state index contributed by atoms with van der Waals surface area (Å²) in [5.74, 6) is 2.04. The minimum atomic E-state index is 0.246. The minimum absolute atomic E-state index is 0.246. The van der Waals surface area contributed by atoms with Gasteiger partial charge < -0.3 is 15.5 Å². The lowest BCUT2D eigenvalue weighted by molar-refractivity contribution is -0.132. The maximum absolute atomic E-state index is 11.6. The van der Waals surface area contributed by atoms with Gasteiger partial charge in [-0.3, -0.25) is 14.7 Å². The third kappa shape index (κ3) is 5.35. The standard InChI is InChI=1S/C20H37N5O/c1-21-20(23-17-10-11-19(26)24(2)15-17)22-13-18-9-6-12-25(18)14-16-7-4-3-5-8-16/h16-18H,3-15H2,1-2H3,(H2,21,22,23). The lowest BCUT2D eigenvalue weighted by atomic mass is 9.89. The van der Waals surface area contributed by atoms with E-state index < -0.39 is 0 Å². The van der Waals surface area contributed by atoms with Gasteiger partial charge in [-0.05, 0) is 44.6 Å². The smallest absolute Gasteiger partial charge is 0.222 e. The van der Waals surface area contributed by atoms with E-state index in [1.165, 1.54) is 58.0 Å². The largest absolute Gasteiger partial charge is 0.355 e. The van der Waals surface area contributed by atoms with E-state index in [0.29, 0.717) is 18.5 Å². The number of guanidine groups is 1. The fourth-order valence-electron chi connectivity index (χ4n) is 4.80. The van der Waals surface area contributed by atoms with Gasteiger partial charge in [0.1, 0.15) is 0 Å². The Balaban J connectivity index is 1.43. The van der Waals surface area contributed by atoms with Crippen molar-refractivity contribution in [3.63, 3.8) is 0 Å². The molecule has 1 aliphatic carbocycles. The van der Waals surface area contributed by atoms with Crippen LogP contribution < -0.4 is 10.6 Å². The Morgan fingerprint density at radius 1 is 1.15 bits per heavy atom. The highest BCUT2D eigenvalue weighted by Crippen LogP contribution is 2.27. The van der Waals surface area contributed by atoms with E-state index >= 15 is 0 Å². The first-order valence-electron chi connectivity index (χ1n) is 10.6. The Morgan fingerprint density at radius 3 is 2.69 bits per heavy atom. The number of likely N-dealkylation sites (tertiary alicyclic amines) is 2. The Kier molecular flexibility index (Phi) is 7.17. The fourth-order valence-corrected chi connectivity index (χ4v) is 4.80. The van der Waals surface area contributed by atoms with Crippen LogP contribution in [-0.4, -0.2) is 74.0 Å². The molecule has 0 aromatic rings. The van der Waals surface area contributed by atoms with Gasteiger partial charge in [0.15, 0.2) is 5.96 Å². The number of nitrogens with zero attached hydrogens (tertiary/aromatic N) is 3. The average molecular weight is 364 g/mol. The molecule has 2 atom stereocenters. The first-order valence-corrected chi connectivity index (χ1v) is 10.6. The SMILES string of the molecule is CN=C(NCC1CCCN1CC1CCCCC1)NC1CCC(=O)N(C)C1. The molecule has 6 nitrogen and oxygen atoms in total. The van der Waals surface area contributed by atoms with Crippen LogP contribution in [0.4, 0.5) is 0 Å². The van der Waals surface area contributed by atoms with Crippen LogP contribution in [-0.2, 0) is 4.79 Å². The number of nitrogens with one attached hydrogen (secondary N) is 2. The summed E-state index contributed by atoms with van der Waals surface area (Å²) in [6.07, 6.45) is 11.3. The number of carbonyl (C=O) groups excluding carboxylic acids is 1. The number of piperidine rings is 1. The van der Waals surface area contributed by atoms with Crippen molar-refractivity contribution in [2.45, 2.75) is 69.9 Å². The average Bonchev–Trinajstić information content (AvgIpc) is 3.09. The maximum atomic E-state index is 11.6. The van der Waals surface area contributed by atoms with Crippen molar-refractivity contribution in [2.24, 2.45) is 10.9 Å². The van der Waals surface area contributed by atoms with Crippen molar-refractivity contribution in [2.75, 3.05) is 40.3 Å². The maximum Gasteiger partial charge on any atom is 0.222 e. The summed E-state index contributed by atoms with van der Waals surface area (Å²) in [5, 5.41) is 7.05. The predicted molar refractivity (Wildman–Crippen MR) is 106 cm³/mol. The van der Waals surface area contributed by atoms with Crippen molar-refractivity contribution < 1.29 is 4.79 Å². The molecule has 2 saturated heterocycles. The highest BCUT2D eigenvalue weighted by Gasteiger charge is 2.28. The zero-order chi connectivity index (χ0) is 18.4. The summed E-state index contributed by atoms with van der Waals surface area (Å²) in [4.78, 5) is 20.6. The lowest BCUT2D eigenvalue weighted by Crippen LogP contribution is -2.53. The Bertz CT molecular complexity index is 489. The zero-order valence-electron chi connectivity index (χ0n) is 16.7. The van der Waals surface area contributed by atoms with Crippen LogP contribution >= 0.6 is 0 Å². The summed E-state index contributed by atoms with van der Waals surface area (Å²) >= 11 is 0. The van der Waals surface area contributed by atoms with Crippen LogP contribution in [0, 0.1) is 5.92 Å². The topological polar surface area (TPSA) is 60.0 Å². The first-order chi connectivity index (χ1) is 12.7. The molecule has 26 heavy (non-hydrogen) atoms. The van der Waals surface area contributed by atoms with E-state index in [1.807, 2.05) is 19.0 Å². The number of aliphatic imine (C=N–C) groups is 1. The summed E-state index contributed by atoms with van der Waals surface area (Å²) < 4.78 is 0. The van der Waals surface area contributed by atoms with Crippen LogP contribution in [0.1, 0.15) is 57.8 Å². The number of amides is 1. The number of hydrogen-bond donors (Lipinski definition) is 2. The molecule has 0 aromatic carbocycles. The van der Waals surface area contributed by atoms with Crippen LogP contribution in [0.25, 0.3) is 0 Å². The molecule has 0 bridgehead atoms. The normalized spacial score (nSPS) is 29.2. The number of hydrogen-bond acceptors (Lipinski definition) is 3. The van der Waals surface area contributed by atoms with Crippen molar-refractivity contribution in [1.29, 1.82) is 0 Å². The van der Waals surface area contributed by atoms with Gasteiger partial charge in [-0.15, -0.1) is 0 Å². The molecular weight excluding hydrogens is 326 g/mol. The number of rotatable bonds is 5. The molecule has 2 N–H and O–H groups in total. The van der Waals surface area contributed by atoms with Crippen LogP contribution in [0.2, 0.25) is 0 Å². The Hall–Kier alpha value is -1.30. The second-order valence-corrected chi connectivity index (χ2v) is 8.40. The molecule has 2 heterocycles. The van der Waals surface area contributed by atoms with Crippen molar-refractivity contribution >= 4 is 11.9 Å². The van der Waals surface area contributed by atoms with E-state index in [2.05, 4.69) is 20.5 Å². The van der Waals surface area contributed by atoms with E-state index in [0.717, 1.165) is 31.4 Å². The summed E-state index contributed by atoms with van der Waals surface area (Å²) in [6, 6.07) is 0.928. The fraction of sp³-hybridized carbons (Fsp3) is 0.900. The number of likely N-dealkylation sites (N-methyl/N-ethyl adjacent to an activating group) is 1. The quantitative estimate of drug-likeness (QED) is 0.578. The van der Waals surface area contributed by atoms with Crippen molar-refractivity contribution in [3.05, 3.63) is 0 Å². The predicted octanol–water partition coefficient (Wildman–Crippen LogP) is 1.82. The van der Waals surface area contributed by atoms with Gasteiger partial charge in [0, 0.05) is 52.2 Å². The van der Waals surface area contributed by atoms with Gasteiger partial charge in [-0.2, -0.15) is 0 Å². The summed E-state index contributed by atoms with van der Waals surface area (Å²) in [6.45, 7) is 4.27. The highest BCUT2D eigenvalue weighted by molar-refractivity contribution is 5.81. The molecule has 3 rings (SSSR count). The van der Waals surface area contributed by atoms with Crippen molar-refractivity contribution in [1.82, 2.24) is 20.4 Å². The van der Waals surface area contributed by atoms with Crippen molar-refractivity contribution in [3.8, 4) is 0 Å². The molecule has 2 aliphatic heterocycles. The number of carbonyl (C=O) groups is 1. The van der Waals surface area contributed by atoms with E-state index in [-0.39, 0.29) is 5.91 Å². The summed E-state index contributed by atoms with van der Waals surface area (Å²) in [7, 11) is 3.72. The molecule has 1 amide bonds. The van der Waals surface area contributed by atoms with Gasteiger partial charge in [0.05, 0.1) is 0 Å². The Morgan fingerprint density at radius 2 is 1.96 bits per heavy atom. The van der Waals surface area contributed by atoms with E-state index in [9.17, 15) is 4.79 Å². The molecule has 1 saturated carbocycles.